The molecule has 0 fully saturated rings. The zero-order chi connectivity index (χ0) is 22.3. The van der Waals surface area contributed by atoms with Crippen LogP contribution in [-0.4, -0.2) is 16.9 Å². The Hall–Kier alpha value is -3.40. The summed E-state index contributed by atoms with van der Waals surface area (Å²) in [5.41, 5.74) is 10.3. The second-order valence-electron chi connectivity index (χ2n) is 9.20. The van der Waals surface area contributed by atoms with Crippen LogP contribution in [-0.2, 0) is 4.79 Å². The molecule has 31 heavy (non-hydrogen) atoms. The summed E-state index contributed by atoms with van der Waals surface area (Å²) in [6, 6.07) is 18.9. The van der Waals surface area contributed by atoms with Crippen LogP contribution in [0, 0.1) is 5.41 Å². The third-order valence-electron chi connectivity index (χ3n) is 6.27. The fourth-order valence-electron chi connectivity index (χ4n) is 4.91. The van der Waals surface area contributed by atoms with Gasteiger partial charge in [0, 0.05) is 29.2 Å². The Morgan fingerprint density at radius 3 is 2.42 bits per heavy atom. The highest BCUT2D eigenvalue weighted by Gasteiger charge is 2.37. The average molecular weight is 414 g/mol. The van der Waals surface area contributed by atoms with Gasteiger partial charge in [-0.15, -0.1) is 0 Å². The van der Waals surface area contributed by atoms with Crippen molar-refractivity contribution in [1.29, 1.82) is 0 Å². The van der Waals surface area contributed by atoms with E-state index in [2.05, 4.69) is 13.8 Å². The lowest BCUT2D eigenvalue weighted by Crippen LogP contribution is -2.28. The molecule has 1 atom stereocenters. The van der Waals surface area contributed by atoms with Crippen LogP contribution in [0.1, 0.15) is 61.0 Å². The number of anilines is 1. The molecule has 3 N–H and O–H groups in total. The van der Waals surface area contributed by atoms with Crippen molar-refractivity contribution in [3.63, 3.8) is 0 Å². The molecule has 1 aliphatic rings. The minimum atomic E-state index is -0.988. The highest BCUT2D eigenvalue weighted by atomic mass is 16.4. The zero-order valence-corrected chi connectivity index (χ0v) is 18.1. The molecular formula is C27H27NO3. The third-order valence-corrected chi connectivity index (χ3v) is 6.27. The molecule has 0 bridgehead atoms. The largest absolute Gasteiger partial charge is 0.478 e. The smallest absolute Gasteiger partial charge is 0.335 e. The van der Waals surface area contributed by atoms with E-state index in [0.717, 1.165) is 21.9 Å². The number of carboxylic acids is 1. The van der Waals surface area contributed by atoms with Crippen molar-refractivity contribution in [2.24, 2.45) is 5.41 Å². The summed E-state index contributed by atoms with van der Waals surface area (Å²) < 4.78 is 0. The first-order valence-corrected chi connectivity index (χ1v) is 10.6. The monoisotopic (exact) mass is 413 g/mol. The van der Waals surface area contributed by atoms with Gasteiger partial charge in [-0.05, 0) is 45.9 Å². The number of carboxylic acid groups (broad SMARTS) is 1. The van der Waals surface area contributed by atoms with Crippen LogP contribution in [0.4, 0.5) is 5.69 Å². The maximum atomic E-state index is 13.5. The van der Waals surface area contributed by atoms with Crippen LogP contribution >= 0.6 is 0 Å². The van der Waals surface area contributed by atoms with Crippen molar-refractivity contribution < 1.29 is 14.7 Å². The van der Waals surface area contributed by atoms with Crippen LogP contribution in [0.3, 0.4) is 0 Å². The number of carbonyl (C=O) groups is 2. The van der Waals surface area contributed by atoms with Gasteiger partial charge in [0.15, 0.2) is 5.78 Å². The number of nitrogens with two attached hydrogens (primary N) is 1. The van der Waals surface area contributed by atoms with Gasteiger partial charge in [0.1, 0.15) is 0 Å². The summed E-state index contributed by atoms with van der Waals surface area (Å²) in [5, 5.41) is 11.8. The van der Waals surface area contributed by atoms with Crippen molar-refractivity contribution in [3.05, 3.63) is 82.9 Å². The van der Waals surface area contributed by atoms with Crippen molar-refractivity contribution in [2.75, 3.05) is 5.73 Å². The summed E-state index contributed by atoms with van der Waals surface area (Å²) >= 11 is 0. The first kappa shape index (κ1) is 20.9. The first-order chi connectivity index (χ1) is 14.7. The van der Waals surface area contributed by atoms with Crippen LogP contribution < -0.4 is 5.73 Å². The van der Waals surface area contributed by atoms with Gasteiger partial charge in [0.05, 0.1) is 5.56 Å². The summed E-state index contributed by atoms with van der Waals surface area (Å²) in [7, 11) is 0. The molecule has 4 heteroatoms. The molecule has 0 saturated carbocycles. The first-order valence-electron chi connectivity index (χ1n) is 10.6. The highest BCUT2D eigenvalue weighted by molar-refractivity contribution is 6.11. The molecule has 4 nitrogen and oxygen atoms in total. The normalized spacial score (nSPS) is 17.1. The summed E-state index contributed by atoms with van der Waals surface area (Å²) in [4.78, 5) is 25.3. The lowest BCUT2D eigenvalue weighted by atomic mass is 9.68. The predicted molar refractivity (Wildman–Crippen MR) is 125 cm³/mol. The molecule has 158 valence electrons. The SMILES string of the molecule is C[C@@H](C1=C(c2c(N)ccc3ccccc23)CC(C)(C)CC1=O)c1ccccc1C(=O)O. The van der Waals surface area contributed by atoms with Crippen LogP contribution in [0.25, 0.3) is 16.3 Å². The molecule has 3 aromatic rings. The number of allylic oxidation sites excluding steroid dienone is 2. The minimum absolute atomic E-state index is 0.0614. The second kappa shape index (κ2) is 7.69. The predicted octanol–water partition coefficient (Wildman–Crippen LogP) is 6.07. The molecule has 0 saturated heterocycles. The maximum Gasteiger partial charge on any atom is 0.335 e. The number of ketones is 1. The van der Waals surface area contributed by atoms with Gasteiger partial charge in [0.2, 0.25) is 0 Å². The summed E-state index contributed by atoms with van der Waals surface area (Å²) in [6.45, 7) is 6.12. The summed E-state index contributed by atoms with van der Waals surface area (Å²) in [5.74, 6) is -1.28. The topological polar surface area (TPSA) is 80.4 Å². The van der Waals surface area contributed by atoms with Crippen molar-refractivity contribution in [3.8, 4) is 0 Å². The Kier molecular flexibility index (Phi) is 5.18. The lowest BCUT2D eigenvalue weighted by molar-refractivity contribution is -0.118. The number of nitrogen functional groups attached to an aromatic ring is 1. The molecule has 0 unspecified atom stereocenters. The fourth-order valence-corrected chi connectivity index (χ4v) is 4.91. The van der Waals surface area contributed by atoms with Crippen LogP contribution in [0.5, 0.6) is 0 Å². The number of hydrogen-bond donors (Lipinski definition) is 2. The van der Waals surface area contributed by atoms with E-state index in [4.69, 9.17) is 5.73 Å². The van der Waals surface area contributed by atoms with Gasteiger partial charge in [-0.25, -0.2) is 4.79 Å². The number of hydrogen-bond acceptors (Lipinski definition) is 3. The zero-order valence-electron chi connectivity index (χ0n) is 18.1. The number of fused-ring (bicyclic) bond motifs is 1. The standard InChI is InChI=1S/C27H27NO3/c1-16(18-9-6-7-11-20(18)26(30)31)24-21(14-27(2,3)15-23(24)29)25-19-10-5-4-8-17(19)12-13-22(25)28/h4-13,16H,14-15,28H2,1-3H3,(H,30,31)/t16-/m1/s1. The van der Waals surface area contributed by atoms with Crippen molar-refractivity contribution in [1.82, 2.24) is 0 Å². The third kappa shape index (κ3) is 3.74. The average Bonchev–Trinajstić information content (AvgIpc) is 2.72. The molecule has 0 heterocycles. The van der Waals surface area contributed by atoms with E-state index < -0.39 is 5.97 Å². The highest BCUT2D eigenvalue weighted by Crippen LogP contribution is 2.48. The van der Waals surface area contributed by atoms with E-state index in [0.29, 0.717) is 29.7 Å². The van der Waals surface area contributed by atoms with E-state index in [1.165, 1.54) is 0 Å². The van der Waals surface area contributed by atoms with E-state index in [-0.39, 0.29) is 22.7 Å². The summed E-state index contributed by atoms with van der Waals surface area (Å²) in [6.07, 6.45) is 1.13. The van der Waals surface area contributed by atoms with E-state index in [9.17, 15) is 14.7 Å². The molecule has 1 aliphatic carbocycles. The van der Waals surface area contributed by atoms with Gasteiger partial charge in [-0.3, -0.25) is 4.79 Å². The van der Waals surface area contributed by atoms with Gasteiger partial charge in [-0.2, -0.15) is 0 Å². The maximum absolute atomic E-state index is 13.5. The van der Waals surface area contributed by atoms with Crippen molar-refractivity contribution in [2.45, 2.75) is 39.5 Å². The number of aromatic carboxylic acids is 1. The molecule has 4 rings (SSSR count). The van der Waals surface area contributed by atoms with E-state index in [1.54, 1.807) is 18.2 Å². The quantitative estimate of drug-likeness (QED) is 0.509. The molecule has 0 aliphatic heterocycles. The number of benzene rings is 3. The van der Waals surface area contributed by atoms with Crippen LogP contribution in [0.2, 0.25) is 0 Å². The van der Waals surface area contributed by atoms with Crippen LogP contribution in [0.15, 0.2) is 66.2 Å². The van der Waals surface area contributed by atoms with Gasteiger partial charge in [-0.1, -0.05) is 69.3 Å². The molecule has 0 radical (unpaired) electrons. The Morgan fingerprint density at radius 2 is 1.68 bits per heavy atom. The minimum Gasteiger partial charge on any atom is -0.478 e. The Morgan fingerprint density at radius 1 is 1.00 bits per heavy atom. The lowest BCUT2D eigenvalue weighted by Gasteiger charge is -2.35. The molecule has 0 spiro atoms. The van der Waals surface area contributed by atoms with Gasteiger partial charge < -0.3 is 10.8 Å². The van der Waals surface area contributed by atoms with E-state index >= 15 is 0 Å². The Labute approximate surface area is 182 Å². The van der Waals surface area contributed by atoms with Crippen molar-refractivity contribution >= 4 is 33.8 Å². The van der Waals surface area contributed by atoms with Gasteiger partial charge >= 0.3 is 5.97 Å². The molecular weight excluding hydrogens is 386 g/mol. The Balaban J connectivity index is 2.03. The fraction of sp³-hybridized carbons (Fsp3) is 0.259. The molecule has 0 aromatic heterocycles. The molecule has 0 amide bonds. The second-order valence-corrected chi connectivity index (χ2v) is 9.20. The molecule has 3 aromatic carbocycles. The Bertz CT molecular complexity index is 1240. The van der Waals surface area contributed by atoms with E-state index in [1.807, 2.05) is 49.4 Å². The van der Waals surface area contributed by atoms with Gasteiger partial charge in [0.25, 0.3) is 0 Å². The number of rotatable bonds is 4. The number of carbonyl (C=O) groups excluding carboxylic acids is 1. The number of Topliss-reactive ketones (excluding diaryl/α,β-unsaturated/α-hetero) is 1.